The predicted molar refractivity (Wildman–Crippen MR) is 110 cm³/mol. The molecule has 0 amide bonds. The normalized spacial score (nSPS) is 10.3. The van der Waals surface area contributed by atoms with Crippen molar-refractivity contribution in [3.63, 3.8) is 0 Å². The molecule has 0 aliphatic carbocycles. The number of nitrogens with one attached hydrogen (secondary N) is 2. The third kappa shape index (κ3) is 4.62. The Morgan fingerprint density at radius 3 is 2.18 bits per heavy atom. The summed E-state index contributed by atoms with van der Waals surface area (Å²) in [7, 11) is 4.74. The van der Waals surface area contributed by atoms with Crippen molar-refractivity contribution in [1.82, 2.24) is 9.97 Å². The second-order valence-electron chi connectivity index (χ2n) is 6.14. The van der Waals surface area contributed by atoms with Gasteiger partial charge in [-0.3, -0.25) is 0 Å². The molecule has 0 fully saturated rings. The molecule has 7 heteroatoms. The van der Waals surface area contributed by atoms with Crippen LogP contribution in [-0.2, 0) is 6.54 Å². The van der Waals surface area contributed by atoms with E-state index in [4.69, 9.17) is 14.2 Å². The van der Waals surface area contributed by atoms with Crippen LogP contribution < -0.4 is 24.8 Å². The van der Waals surface area contributed by atoms with Gasteiger partial charge in [-0.1, -0.05) is 29.8 Å². The standard InChI is InChI=1S/C21H24N4O3/c1-14-5-7-15(8-6-14)13-23-21-22-10-9-19(25-21)24-16-11-17(26-2)20(28-4)18(12-16)27-3/h5-12H,13H2,1-4H3,(H2,22,23,24,25). The van der Waals surface area contributed by atoms with Crippen LogP contribution in [-0.4, -0.2) is 31.3 Å². The van der Waals surface area contributed by atoms with E-state index in [1.54, 1.807) is 33.6 Å². The summed E-state index contributed by atoms with van der Waals surface area (Å²) >= 11 is 0. The van der Waals surface area contributed by atoms with E-state index in [-0.39, 0.29) is 0 Å². The van der Waals surface area contributed by atoms with E-state index in [9.17, 15) is 0 Å². The average Bonchev–Trinajstić information content (AvgIpc) is 2.73. The van der Waals surface area contributed by atoms with Gasteiger partial charge in [-0.15, -0.1) is 0 Å². The lowest BCUT2D eigenvalue weighted by Crippen LogP contribution is -2.05. The Bertz CT molecular complexity index is 904. The van der Waals surface area contributed by atoms with Crippen LogP contribution in [0.15, 0.2) is 48.7 Å². The van der Waals surface area contributed by atoms with Crippen LogP contribution in [0.2, 0.25) is 0 Å². The largest absolute Gasteiger partial charge is 0.493 e. The number of anilines is 3. The fraction of sp³-hybridized carbons (Fsp3) is 0.238. The topological polar surface area (TPSA) is 77.5 Å². The first kappa shape index (κ1) is 19.3. The molecule has 0 unspecified atom stereocenters. The molecule has 146 valence electrons. The smallest absolute Gasteiger partial charge is 0.224 e. The Morgan fingerprint density at radius 2 is 1.57 bits per heavy atom. The van der Waals surface area contributed by atoms with Gasteiger partial charge in [0.2, 0.25) is 11.7 Å². The molecule has 0 radical (unpaired) electrons. The van der Waals surface area contributed by atoms with Crippen molar-refractivity contribution in [2.45, 2.75) is 13.5 Å². The van der Waals surface area contributed by atoms with Crippen molar-refractivity contribution in [3.05, 3.63) is 59.8 Å². The van der Waals surface area contributed by atoms with Crippen LogP contribution >= 0.6 is 0 Å². The minimum atomic E-state index is 0.540. The van der Waals surface area contributed by atoms with E-state index in [1.165, 1.54) is 5.56 Å². The second-order valence-corrected chi connectivity index (χ2v) is 6.14. The van der Waals surface area contributed by atoms with Crippen molar-refractivity contribution < 1.29 is 14.2 Å². The van der Waals surface area contributed by atoms with E-state index in [2.05, 4.69) is 51.8 Å². The molecule has 0 aliphatic rings. The van der Waals surface area contributed by atoms with Gasteiger partial charge >= 0.3 is 0 Å². The van der Waals surface area contributed by atoms with Gasteiger partial charge in [0.15, 0.2) is 11.5 Å². The maximum atomic E-state index is 5.39. The molecule has 0 bridgehead atoms. The Kier molecular flexibility index (Phi) is 6.16. The highest BCUT2D eigenvalue weighted by Gasteiger charge is 2.13. The number of hydrogen-bond acceptors (Lipinski definition) is 7. The Morgan fingerprint density at radius 1 is 0.893 bits per heavy atom. The molecular formula is C21H24N4O3. The molecule has 2 N–H and O–H groups in total. The lowest BCUT2D eigenvalue weighted by atomic mass is 10.1. The summed E-state index contributed by atoms with van der Waals surface area (Å²) in [5.74, 6) is 2.86. The summed E-state index contributed by atoms with van der Waals surface area (Å²) < 4.78 is 16.1. The van der Waals surface area contributed by atoms with E-state index in [1.807, 2.05) is 12.1 Å². The highest BCUT2D eigenvalue weighted by molar-refractivity contribution is 5.66. The fourth-order valence-corrected chi connectivity index (χ4v) is 2.70. The van der Waals surface area contributed by atoms with Crippen LogP contribution in [0.25, 0.3) is 0 Å². The number of ether oxygens (including phenoxy) is 3. The van der Waals surface area contributed by atoms with Gasteiger partial charge in [-0.25, -0.2) is 4.98 Å². The van der Waals surface area contributed by atoms with Crippen molar-refractivity contribution in [1.29, 1.82) is 0 Å². The number of methoxy groups -OCH3 is 3. The zero-order valence-corrected chi connectivity index (χ0v) is 16.4. The lowest BCUT2D eigenvalue weighted by Gasteiger charge is -2.15. The van der Waals surface area contributed by atoms with Gasteiger partial charge in [0, 0.05) is 30.6 Å². The highest BCUT2D eigenvalue weighted by Crippen LogP contribution is 2.40. The molecule has 7 nitrogen and oxygen atoms in total. The van der Waals surface area contributed by atoms with Gasteiger partial charge in [-0.2, -0.15) is 4.98 Å². The number of hydrogen-bond donors (Lipinski definition) is 2. The molecule has 28 heavy (non-hydrogen) atoms. The first-order valence-corrected chi connectivity index (χ1v) is 8.82. The van der Waals surface area contributed by atoms with Crippen LogP contribution in [0.3, 0.4) is 0 Å². The molecule has 3 rings (SSSR count). The molecule has 2 aromatic carbocycles. The minimum absolute atomic E-state index is 0.540. The quantitative estimate of drug-likeness (QED) is 0.607. The zero-order valence-electron chi connectivity index (χ0n) is 16.4. The van der Waals surface area contributed by atoms with Gasteiger partial charge < -0.3 is 24.8 Å². The monoisotopic (exact) mass is 380 g/mol. The molecule has 0 saturated carbocycles. The third-order valence-corrected chi connectivity index (χ3v) is 4.16. The van der Waals surface area contributed by atoms with Crippen molar-refractivity contribution in [2.75, 3.05) is 32.0 Å². The van der Waals surface area contributed by atoms with Crippen molar-refractivity contribution in [2.24, 2.45) is 0 Å². The first-order chi connectivity index (χ1) is 13.6. The Balaban J connectivity index is 1.74. The molecule has 0 atom stereocenters. The SMILES string of the molecule is COc1cc(Nc2ccnc(NCc3ccc(C)cc3)n2)cc(OC)c1OC. The summed E-state index contributed by atoms with van der Waals surface area (Å²) in [5.41, 5.74) is 3.16. The van der Waals surface area contributed by atoms with Gasteiger partial charge in [0.25, 0.3) is 0 Å². The highest BCUT2D eigenvalue weighted by atomic mass is 16.5. The third-order valence-electron chi connectivity index (χ3n) is 4.16. The molecule has 1 heterocycles. The zero-order chi connectivity index (χ0) is 19.9. The van der Waals surface area contributed by atoms with Crippen LogP contribution in [0.4, 0.5) is 17.5 Å². The summed E-state index contributed by atoms with van der Waals surface area (Å²) in [5, 5.41) is 6.48. The van der Waals surface area contributed by atoms with Crippen molar-refractivity contribution in [3.8, 4) is 17.2 Å². The molecular weight excluding hydrogens is 356 g/mol. The van der Waals surface area contributed by atoms with Gasteiger partial charge in [0.1, 0.15) is 5.82 Å². The van der Waals surface area contributed by atoms with E-state index >= 15 is 0 Å². The van der Waals surface area contributed by atoms with Crippen molar-refractivity contribution >= 4 is 17.5 Å². The molecule has 1 aromatic heterocycles. The molecule has 3 aromatic rings. The van der Waals surface area contributed by atoms with Gasteiger partial charge in [-0.05, 0) is 18.6 Å². The van der Waals surface area contributed by atoms with E-state index in [0.29, 0.717) is 35.6 Å². The second kappa shape index (κ2) is 8.94. The lowest BCUT2D eigenvalue weighted by molar-refractivity contribution is 0.324. The number of benzene rings is 2. The maximum absolute atomic E-state index is 5.39. The first-order valence-electron chi connectivity index (χ1n) is 8.82. The number of rotatable bonds is 8. The fourth-order valence-electron chi connectivity index (χ4n) is 2.70. The Labute approximate surface area is 164 Å². The van der Waals surface area contributed by atoms with E-state index < -0.39 is 0 Å². The summed E-state index contributed by atoms with van der Waals surface area (Å²) in [6.07, 6.45) is 1.70. The summed E-state index contributed by atoms with van der Waals surface area (Å²) in [4.78, 5) is 8.78. The van der Waals surface area contributed by atoms with Crippen LogP contribution in [0.5, 0.6) is 17.2 Å². The predicted octanol–water partition coefficient (Wildman–Crippen LogP) is 4.17. The minimum Gasteiger partial charge on any atom is -0.493 e. The number of nitrogens with zero attached hydrogens (tertiary/aromatic N) is 2. The number of aromatic nitrogens is 2. The number of aryl methyl sites for hydroxylation is 1. The summed E-state index contributed by atoms with van der Waals surface area (Å²) in [6, 6.07) is 13.8. The van der Waals surface area contributed by atoms with Crippen LogP contribution in [0.1, 0.15) is 11.1 Å². The molecule has 0 saturated heterocycles. The molecule has 0 aliphatic heterocycles. The summed E-state index contributed by atoms with van der Waals surface area (Å²) in [6.45, 7) is 2.71. The Hall–Kier alpha value is -3.48. The van der Waals surface area contributed by atoms with Gasteiger partial charge in [0.05, 0.1) is 21.3 Å². The van der Waals surface area contributed by atoms with E-state index in [0.717, 1.165) is 11.3 Å². The van der Waals surface area contributed by atoms with Crippen LogP contribution in [0, 0.1) is 6.92 Å². The molecule has 0 spiro atoms. The maximum Gasteiger partial charge on any atom is 0.224 e. The average molecular weight is 380 g/mol.